The van der Waals surface area contributed by atoms with Gasteiger partial charge in [-0.05, 0) is 44.2 Å². The van der Waals surface area contributed by atoms with Crippen LogP contribution in [0.3, 0.4) is 0 Å². The van der Waals surface area contributed by atoms with Gasteiger partial charge in [0.25, 0.3) is 0 Å². The van der Waals surface area contributed by atoms with Crippen LogP contribution in [-0.4, -0.2) is 22.0 Å². The van der Waals surface area contributed by atoms with Crippen LogP contribution in [0.1, 0.15) is 29.7 Å². The fourth-order valence-corrected chi connectivity index (χ4v) is 2.62. The number of pyridine rings is 1. The van der Waals surface area contributed by atoms with Crippen LogP contribution >= 0.6 is 0 Å². The van der Waals surface area contributed by atoms with Gasteiger partial charge in [0.1, 0.15) is 5.82 Å². The molecule has 0 saturated carbocycles. The van der Waals surface area contributed by atoms with Crippen LogP contribution in [0.5, 0.6) is 0 Å². The van der Waals surface area contributed by atoms with Gasteiger partial charge in [-0.15, -0.1) is 0 Å². The maximum absolute atomic E-state index is 4.76. The average molecular weight is 254 g/mol. The molecule has 0 aromatic carbocycles. The van der Waals surface area contributed by atoms with Gasteiger partial charge in [0.2, 0.25) is 0 Å². The number of rotatable bonds is 2. The first kappa shape index (κ1) is 12.1. The Morgan fingerprint density at radius 2 is 2.00 bits per heavy atom. The van der Waals surface area contributed by atoms with E-state index in [1.165, 1.54) is 24.1 Å². The van der Waals surface area contributed by atoms with Gasteiger partial charge in [-0.2, -0.15) is 0 Å². The summed E-state index contributed by atoms with van der Waals surface area (Å²) in [6, 6.07) is 2.00. The van der Waals surface area contributed by atoms with Crippen LogP contribution in [0.4, 0.5) is 5.82 Å². The molecule has 1 aliphatic rings. The number of aryl methyl sites for hydroxylation is 2. The van der Waals surface area contributed by atoms with E-state index in [0.717, 1.165) is 35.6 Å². The minimum absolute atomic E-state index is 0.788. The molecular formula is C15H18N4. The van der Waals surface area contributed by atoms with E-state index in [1.807, 2.05) is 19.3 Å². The number of nitrogens with zero attached hydrogens (tertiary/aromatic N) is 3. The molecule has 0 radical (unpaired) electrons. The zero-order valence-electron chi connectivity index (χ0n) is 11.4. The Balaban J connectivity index is 2.15. The minimum atomic E-state index is 0.788. The molecule has 1 aliphatic carbocycles. The summed E-state index contributed by atoms with van der Waals surface area (Å²) in [5, 5.41) is 3.21. The molecule has 4 heteroatoms. The van der Waals surface area contributed by atoms with E-state index >= 15 is 0 Å². The third kappa shape index (κ3) is 2.18. The fraction of sp³-hybridized carbons (Fsp3) is 0.400. The Bertz CT molecular complexity index is 590. The van der Waals surface area contributed by atoms with Crippen molar-refractivity contribution in [3.63, 3.8) is 0 Å². The zero-order valence-corrected chi connectivity index (χ0v) is 11.4. The monoisotopic (exact) mass is 254 g/mol. The summed E-state index contributed by atoms with van der Waals surface area (Å²) in [6.07, 6.45) is 8.24. The highest BCUT2D eigenvalue weighted by molar-refractivity contribution is 5.62. The second-order valence-electron chi connectivity index (χ2n) is 4.97. The lowest BCUT2D eigenvalue weighted by molar-refractivity contribution is 0.665. The van der Waals surface area contributed by atoms with E-state index in [-0.39, 0.29) is 0 Å². The standard InChI is InChI=1S/C15H18N4/c1-10-7-8-17-9-12(10)15-18-13-6-4-3-5-11(13)14(16-2)19-15/h7-9H,3-6H2,1-2H3,(H,16,18,19). The van der Waals surface area contributed by atoms with Crippen LogP contribution < -0.4 is 5.32 Å². The van der Waals surface area contributed by atoms with Crippen LogP contribution in [-0.2, 0) is 12.8 Å². The predicted molar refractivity (Wildman–Crippen MR) is 76.2 cm³/mol. The maximum atomic E-state index is 4.76. The van der Waals surface area contributed by atoms with Crippen molar-refractivity contribution in [3.05, 3.63) is 35.3 Å². The number of nitrogens with one attached hydrogen (secondary N) is 1. The van der Waals surface area contributed by atoms with Gasteiger partial charge >= 0.3 is 0 Å². The number of fused-ring (bicyclic) bond motifs is 1. The van der Waals surface area contributed by atoms with Crippen molar-refractivity contribution < 1.29 is 0 Å². The molecule has 0 amide bonds. The molecular weight excluding hydrogens is 236 g/mol. The lowest BCUT2D eigenvalue weighted by Gasteiger charge is -2.19. The van der Waals surface area contributed by atoms with Gasteiger partial charge in [-0.25, -0.2) is 9.97 Å². The van der Waals surface area contributed by atoms with Crippen molar-refractivity contribution in [3.8, 4) is 11.4 Å². The Hall–Kier alpha value is -1.97. The highest BCUT2D eigenvalue weighted by atomic mass is 15.0. The molecule has 2 heterocycles. The zero-order chi connectivity index (χ0) is 13.2. The number of hydrogen-bond acceptors (Lipinski definition) is 4. The summed E-state index contributed by atoms with van der Waals surface area (Å²) in [6.45, 7) is 2.07. The van der Waals surface area contributed by atoms with Gasteiger partial charge in [0, 0.05) is 36.3 Å². The number of anilines is 1. The Morgan fingerprint density at radius 1 is 1.16 bits per heavy atom. The summed E-state index contributed by atoms with van der Waals surface area (Å²) >= 11 is 0. The highest BCUT2D eigenvalue weighted by Gasteiger charge is 2.18. The topological polar surface area (TPSA) is 50.7 Å². The molecule has 0 unspecified atom stereocenters. The maximum Gasteiger partial charge on any atom is 0.163 e. The van der Waals surface area contributed by atoms with Crippen LogP contribution in [0.15, 0.2) is 18.5 Å². The summed E-state index contributed by atoms with van der Waals surface area (Å²) in [7, 11) is 1.93. The molecule has 0 saturated heterocycles. The molecule has 0 spiro atoms. The van der Waals surface area contributed by atoms with Gasteiger partial charge in [0.05, 0.1) is 0 Å². The number of hydrogen-bond donors (Lipinski definition) is 1. The van der Waals surface area contributed by atoms with E-state index < -0.39 is 0 Å². The second kappa shape index (κ2) is 4.96. The van der Waals surface area contributed by atoms with Crippen molar-refractivity contribution in [2.24, 2.45) is 0 Å². The van der Waals surface area contributed by atoms with Crippen molar-refractivity contribution in [2.75, 3.05) is 12.4 Å². The Morgan fingerprint density at radius 3 is 2.79 bits per heavy atom. The van der Waals surface area contributed by atoms with E-state index in [2.05, 4.69) is 22.2 Å². The van der Waals surface area contributed by atoms with Gasteiger partial charge in [0.15, 0.2) is 5.82 Å². The van der Waals surface area contributed by atoms with E-state index in [0.29, 0.717) is 0 Å². The quantitative estimate of drug-likeness (QED) is 0.895. The normalized spacial score (nSPS) is 14.0. The molecule has 19 heavy (non-hydrogen) atoms. The third-order valence-corrected chi connectivity index (χ3v) is 3.70. The average Bonchev–Trinajstić information content (AvgIpc) is 2.46. The molecule has 0 atom stereocenters. The molecule has 2 aromatic rings. The van der Waals surface area contributed by atoms with Crippen molar-refractivity contribution in [1.82, 2.24) is 15.0 Å². The molecule has 2 aromatic heterocycles. The smallest absolute Gasteiger partial charge is 0.163 e. The molecule has 0 bridgehead atoms. The molecule has 0 fully saturated rings. The minimum Gasteiger partial charge on any atom is -0.373 e. The van der Waals surface area contributed by atoms with Gasteiger partial charge in [-0.3, -0.25) is 4.98 Å². The Labute approximate surface area is 113 Å². The van der Waals surface area contributed by atoms with Crippen molar-refractivity contribution in [1.29, 1.82) is 0 Å². The predicted octanol–water partition coefficient (Wildman–Crippen LogP) is 2.77. The highest BCUT2D eigenvalue weighted by Crippen LogP contribution is 2.28. The van der Waals surface area contributed by atoms with Gasteiger partial charge < -0.3 is 5.32 Å². The second-order valence-corrected chi connectivity index (χ2v) is 4.97. The van der Waals surface area contributed by atoms with E-state index in [9.17, 15) is 0 Å². The van der Waals surface area contributed by atoms with Crippen LogP contribution in [0, 0.1) is 6.92 Å². The fourth-order valence-electron chi connectivity index (χ4n) is 2.62. The molecule has 1 N–H and O–H groups in total. The van der Waals surface area contributed by atoms with Crippen LogP contribution in [0.2, 0.25) is 0 Å². The molecule has 0 aliphatic heterocycles. The molecule has 3 rings (SSSR count). The SMILES string of the molecule is CNc1nc(-c2cnccc2C)nc2c1CCCC2. The Kier molecular flexibility index (Phi) is 3.15. The lowest BCUT2D eigenvalue weighted by Crippen LogP contribution is -2.12. The van der Waals surface area contributed by atoms with E-state index in [4.69, 9.17) is 4.98 Å². The summed E-state index contributed by atoms with van der Waals surface area (Å²) in [5.74, 6) is 1.76. The van der Waals surface area contributed by atoms with E-state index in [1.54, 1.807) is 6.20 Å². The van der Waals surface area contributed by atoms with Crippen LogP contribution in [0.25, 0.3) is 11.4 Å². The van der Waals surface area contributed by atoms with Gasteiger partial charge in [-0.1, -0.05) is 0 Å². The molecule has 4 nitrogen and oxygen atoms in total. The summed E-state index contributed by atoms with van der Waals surface area (Å²) in [4.78, 5) is 13.6. The lowest BCUT2D eigenvalue weighted by atomic mass is 9.96. The summed E-state index contributed by atoms with van der Waals surface area (Å²) < 4.78 is 0. The van der Waals surface area contributed by atoms with Crippen molar-refractivity contribution >= 4 is 5.82 Å². The first-order valence-corrected chi connectivity index (χ1v) is 6.78. The first-order valence-electron chi connectivity index (χ1n) is 6.78. The first-order chi connectivity index (χ1) is 9.29. The molecule has 98 valence electrons. The third-order valence-electron chi connectivity index (χ3n) is 3.70. The number of aromatic nitrogens is 3. The largest absolute Gasteiger partial charge is 0.373 e. The summed E-state index contributed by atoms with van der Waals surface area (Å²) in [5.41, 5.74) is 4.67. The van der Waals surface area contributed by atoms with Crippen molar-refractivity contribution in [2.45, 2.75) is 32.6 Å².